The molecule has 0 radical (unpaired) electrons. The minimum absolute atomic E-state index is 0.204. The van der Waals surface area contributed by atoms with E-state index in [1.807, 2.05) is 10.8 Å². The highest BCUT2D eigenvalue weighted by molar-refractivity contribution is 5.85. The lowest BCUT2D eigenvalue weighted by Crippen LogP contribution is -2.13. The first kappa shape index (κ1) is 9.45. The van der Waals surface area contributed by atoms with Gasteiger partial charge < -0.3 is 9.67 Å². The van der Waals surface area contributed by atoms with Gasteiger partial charge in [-0.3, -0.25) is 4.68 Å². The van der Waals surface area contributed by atoms with Crippen LogP contribution in [0.15, 0.2) is 31.0 Å². The number of aromatic nitrogens is 4. The van der Waals surface area contributed by atoms with Crippen LogP contribution in [0.1, 0.15) is 10.5 Å². The van der Waals surface area contributed by atoms with Gasteiger partial charge in [0.05, 0.1) is 12.9 Å². The summed E-state index contributed by atoms with van der Waals surface area (Å²) in [6.07, 6.45) is 6.67. The van der Waals surface area contributed by atoms with Gasteiger partial charge in [0.1, 0.15) is 5.69 Å². The van der Waals surface area contributed by atoms with Crippen molar-refractivity contribution in [2.45, 2.75) is 13.1 Å². The molecule has 15 heavy (non-hydrogen) atoms. The molecule has 0 aromatic carbocycles. The minimum Gasteiger partial charge on any atom is -0.477 e. The molecule has 0 amide bonds. The molecule has 0 spiro atoms. The molecular formula is C9H10N4O2. The molecule has 2 rings (SSSR count). The molecule has 0 saturated carbocycles. The van der Waals surface area contributed by atoms with Crippen molar-refractivity contribution in [2.75, 3.05) is 0 Å². The molecule has 0 aliphatic heterocycles. The number of aromatic carboxylic acids is 1. The molecule has 2 heterocycles. The molecule has 6 heteroatoms. The van der Waals surface area contributed by atoms with Crippen LogP contribution in [0, 0.1) is 0 Å². The van der Waals surface area contributed by atoms with Gasteiger partial charge in [0.25, 0.3) is 0 Å². The molecule has 0 fully saturated rings. The Labute approximate surface area is 85.8 Å². The Morgan fingerprint density at radius 2 is 2.27 bits per heavy atom. The Hall–Kier alpha value is -2.11. The van der Waals surface area contributed by atoms with Crippen molar-refractivity contribution >= 4 is 5.97 Å². The van der Waals surface area contributed by atoms with Gasteiger partial charge >= 0.3 is 5.97 Å². The van der Waals surface area contributed by atoms with Crippen molar-refractivity contribution in [3.05, 3.63) is 36.7 Å². The van der Waals surface area contributed by atoms with Crippen LogP contribution in [0.2, 0.25) is 0 Å². The Balaban J connectivity index is 2.05. The van der Waals surface area contributed by atoms with Crippen LogP contribution in [0.4, 0.5) is 0 Å². The number of hydrogen-bond donors (Lipinski definition) is 1. The van der Waals surface area contributed by atoms with E-state index in [0.29, 0.717) is 13.1 Å². The van der Waals surface area contributed by atoms with Gasteiger partial charge in [0.2, 0.25) is 0 Å². The summed E-state index contributed by atoms with van der Waals surface area (Å²) in [4.78, 5) is 14.7. The molecule has 6 nitrogen and oxygen atoms in total. The SMILES string of the molecule is O=C(O)c1ccnn1CCn1ccnc1. The lowest BCUT2D eigenvalue weighted by atomic mass is 10.4. The third-order valence-corrected chi connectivity index (χ3v) is 2.06. The molecule has 2 aromatic heterocycles. The number of aryl methyl sites for hydroxylation is 2. The molecule has 0 bridgehead atoms. The average molecular weight is 206 g/mol. The van der Waals surface area contributed by atoms with Gasteiger partial charge in [-0.2, -0.15) is 5.10 Å². The fraction of sp³-hybridized carbons (Fsp3) is 0.222. The number of carbonyl (C=O) groups is 1. The van der Waals surface area contributed by atoms with Crippen LogP contribution < -0.4 is 0 Å². The zero-order chi connectivity index (χ0) is 10.7. The van der Waals surface area contributed by atoms with Gasteiger partial charge in [-0.1, -0.05) is 0 Å². The summed E-state index contributed by atoms with van der Waals surface area (Å²) in [5, 5.41) is 12.8. The summed E-state index contributed by atoms with van der Waals surface area (Å²) in [5.74, 6) is -0.960. The lowest BCUT2D eigenvalue weighted by molar-refractivity contribution is 0.0683. The van der Waals surface area contributed by atoms with Crippen LogP contribution in [0.25, 0.3) is 0 Å². The van der Waals surface area contributed by atoms with E-state index in [9.17, 15) is 4.79 Å². The summed E-state index contributed by atoms with van der Waals surface area (Å²) in [6, 6.07) is 1.48. The normalized spacial score (nSPS) is 10.4. The number of rotatable bonds is 4. The van der Waals surface area contributed by atoms with Gasteiger partial charge in [0, 0.05) is 25.1 Å². The fourth-order valence-corrected chi connectivity index (χ4v) is 1.32. The summed E-state index contributed by atoms with van der Waals surface area (Å²) in [6.45, 7) is 1.17. The average Bonchev–Trinajstić information content (AvgIpc) is 2.86. The van der Waals surface area contributed by atoms with Gasteiger partial charge in [-0.15, -0.1) is 0 Å². The van der Waals surface area contributed by atoms with Gasteiger partial charge in [-0.25, -0.2) is 9.78 Å². The fourth-order valence-electron chi connectivity index (χ4n) is 1.32. The third-order valence-electron chi connectivity index (χ3n) is 2.06. The number of carboxylic acids is 1. The largest absolute Gasteiger partial charge is 0.477 e. The minimum atomic E-state index is -0.960. The van der Waals surface area contributed by atoms with Gasteiger partial charge in [0.15, 0.2) is 0 Å². The quantitative estimate of drug-likeness (QED) is 0.789. The van der Waals surface area contributed by atoms with E-state index >= 15 is 0 Å². The van der Waals surface area contributed by atoms with Crippen LogP contribution in [0.3, 0.4) is 0 Å². The zero-order valence-corrected chi connectivity index (χ0v) is 7.95. The topological polar surface area (TPSA) is 72.9 Å². The highest BCUT2D eigenvalue weighted by atomic mass is 16.4. The summed E-state index contributed by atoms with van der Waals surface area (Å²) in [7, 11) is 0. The molecule has 0 aliphatic carbocycles. The Bertz CT molecular complexity index is 446. The summed E-state index contributed by atoms with van der Waals surface area (Å²) < 4.78 is 3.33. The molecule has 0 aliphatic rings. The second-order valence-corrected chi connectivity index (χ2v) is 3.05. The maximum absolute atomic E-state index is 10.8. The smallest absolute Gasteiger partial charge is 0.354 e. The first-order chi connectivity index (χ1) is 7.27. The first-order valence-corrected chi connectivity index (χ1v) is 4.48. The number of nitrogens with zero attached hydrogens (tertiary/aromatic N) is 4. The number of imidazole rings is 1. The van der Waals surface area contributed by atoms with E-state index in [-0.39, 0.29) is 5.69 Å². The van der Waals surface area contributed by atoms with E-state index in [0.717, 1.165) is 0 Å². The maximum atomic E-state index is 10.8. The second-order valence-electron chi connectivity index (χ2n) is 3.05. The predicted octanol–water partition coefficient (Wildman–Crippen LogP) is 0.478. The first-order valence-electron chi connectivity index (χ1n) is 4.48. The van der Waals surface area contributed by atoms with E-state index < -0.39 is 5.97 Å². The Kier molecular flexibility index (Phi) is 2.49. The predicted molar refractivity (Wildman–Crippen MR) is 51.4 cm³/mol. The third kappa shape index (κ3) is 2.04. The molecule has 0 atom stereocenters. The van der Waals surface area contributed by atoms with Crippen molar-refractivity contribution in [1.82, 2.24) is 19.3 Å². The van der Waals surface area contributed by atoms with E-state index in [1.54, 1.807) is 12.5 Å². The molecule has 0 unspecified atom stereocenters. The standard InChI is InChI=1S/C9H10N4O2/c14-9(15)8-1-2-11-13(8)6-5-12-4-3-10-7-12/h1-4,7H,5-6H2,(H,14,15). The van der Waals surface area contributed by atoms with Crippen LogP contribution in [-0.4, -0.2) is 30.4 Å². The van der Waals surface area contributed by atoms with Crippen LogP contribution >= 0.6 is 0 Å². The molecule has 78 valence electrons. The molecule has 1 N–H and O–H groups in total. The molecule has 0 saturated heterocycles. The number of carboxylic acid groups (broad SMARTS) is 1. The van der Waals surface area contributed by atoms with Crippen molar-refractivity contribution in [3.63, 3.8) is 0 Å². The van der Waals surface area contributed by atoms with E-state index in [4.69, 9.17) is 5.11 Å². The monoisotopic (exact) mass is 206 g/mol. The molecule has 2 aromatic rings. The lowest BCUT2D eigenvalue weighted by Gasteiger charge is -2.04. The summed E-state index contributed by atoms with van der Waals surface area (Å²) in [5.41, 5.74) is 0.204. The van der Waals surface area contributed by atoms with Crippen LogP contribution in [0.5, 0.6) is 0 Å². The van der Waals surface area contributed by atoms with Crippen molar-refractivity contribution in [3.8, 4) is 0 Å². The second kappa shape index (κ2) is 3.95. The van der Waals surface area contributed by atoms with Crippen molar-refractivity contribution in [1.29, 1.82) is 0 Å². The van der Waals surface area contributed by atoms with Gasteiger partial charge in [-0.05, 0) is 6.07 Å². The number of hydrogen-bond acceptors (Lipinski definition) is 3. The molecular weight excluding hydrogens is 196 g/mol. The van der Waals surface area contributed by atoms with Crippen molar-refractivity contribution < 1.29 is 9.90 Å². The Morgan fingerprint density at radius 3 is 2.93 bits per heavy atom. The maximum Gasteiger partial charge on any atom is 0.354 e. The van der Waals surface area contributed by atoms with E-state index in [1.165, 1.54) is 16.9 Å². The Morgan fingerprint density at radius 1 is 1.40 bits per heavy atom. The highest BCUT2D eigenvalue weighted by Gasteiger charge is 2.09. The van der Waals surface area contributed by atoms with Crippen molar-refractivity contribution in [2.24, 2.45) is 0 Å². The highest BCUT2D eigenvalue weighted by Crippen LogP contribution is 1.99. The van der Waals surface area contributed by atoms with E-state index in [2.05, 4.69) is 10.1 Å². The van der Waals surface area contributed by atoms with Crippen LogP contribution in [-0.2, 0) is 13.1 Å². The zero-order valence-electron chi connectivity index (χ0n) is 7.95. The summed E-state index contributed by atoms with van der Waals surface area (Å²) >= 11 is 0.